The Balaban J connectivity index is 0. The molecule has 1 atom stereocenters. The van der Waals surface area contributed by atoms with Gasteiger partial charge in [-0.05, 0) is 86.6 Å². The fraction of sp³-hybridized carbons (Fsp3) is 1.00. The Morgan fingerprint density at radius 2 is 0.432 bits per heavy atom. The third kappa shape index (κ3) is 45.4. The summed E-state index contributed by atoms with van der Waals surface area (Å²) in [4.78, 5) is 0. The molecule has 0 saturated heterocycles. The van der Waals surface area contributed by atoms with E-state index in [0.29, 0.717) is 10.6 Å². The van der Waals surface area contributed by atoms with Crippen molar-refractivity contribution in [3.05, 3.63) is 0 Å². The molecule has 1 unspecified atom stereocenters. The third-order valence-corrected chi connectivity index (χ3v) is 22.4. The fourth-order valence-electron chi connectivity index (χ4n) is 13.7. The predicted octanol–water partition coefficient (Wildman–Crippen LogP) is 28.4. The van der Waals surface area contributed by atoms with E-state index in [1.807, 2.05) is 0 Å². The minimum absolute atomic E-state index is 0. The summed E-state index contributed by atoms with van der Waals surface area (Å²) in [5.41, 5.74) is 0.567. The Hall–Kier alpha value is 0.720. The van der Waals surface area contributed by atoms with E-state index in [0.717, 1.165) is 5.92 Å². The van der Waals surface area contributed by atoms with Gasteiger partial charge in [0.25, 0.3) is 0 Å². The maximum atomic E-state index is 2.53. The van der Waals surface area contributed by atoms with E-state index in [4.69, 9.17) is 0 Å². The molecule has 0 aromatic rings. The van der Waals surface area contributed by atoms with Gasteiger partial charge in [-0.3, -0.25) is 0 Å². The van der Waals surface area contributed by atoms with Gasteiger partial charge in [-0.25, -0.2) is 0 Å². The molecule has 0 aromatic heterocycles. The topological polar surface area (TPSA) is 0 Å². The molecular weight excluding hydrogens is 931 g/mol. The highest BCUT2D eigenvalue weighted by atomic mass is 35.5. The summed E-state index contributed by atoms with van der Waals surface area (Å²) < 4.78 is 0. The predicted molar refractivity (Wildman–Crippen MR) is 350 cm³/mol. The summed E-state index contributed by atoms with van der Waals surface area (Å²) in [5.74, 6) is 0.957. The van der Waals surface area contributed by atoms with Crippen LogP contribution in [0.2, 0.25) is 0 Å². The summed E-state index contributed by atoms with van der Waals surface area (Å²) in [5, 5.41) is 0.605. The van der Waals surface area contributed by atoms with E-state index >= 15 is 0 Å². The fourth-order valence-corrected chi connectivity index (χ4v) is 17.9. The zero-order chi connectivity index (χ0) is 53.3. The lowest BCUT2D eigenvalue weighted by Crippen LogP contribution is -2.41. The molecule has 0 aromatic carbocycles. The molecule has 448 valence electrons. The molecule has 0 aliphatic carbocycles. The normalized spacial score (nSPS) is 12.6. The van der Waals surface area contributed by atoms with Crippen LogP contribution in [0.1, 0.15) is 434 Å². The molecule has 0 nitrogen and oxygen atoms in total. The maximum absolute atomic E-state index is 2.53. The molecule has 2 heteroatoms. The number of unbranched alkanes of at least 4 members (excludes halogenated alkanes) is 44. The largest absolute Gasteiger partial charge is 0.147 e. The van der Waals surface area contributed by atoms with Gasteiger partial charge in [0.1, 0.15) is 0 Å². The summed E-state index contributed by atoms with van der Waals surface area (Å²) in [6, 6.07) is 0. The summed E-state index contributed by atoms with van der Waals surface area (Å²) in [7, 11) is 0.00918. The van der Waals surface area contributed by atoms with E-state index in [-0.39, 0.29) is 20.3 Å². The quantitative estimate of drug-likeness (QED) is 0.0421. The molecule has 0 heterocycles. The molecule has 0 N–H and O–H groups in total. The summed E-state index contributed by atoms with van der Waals surface area (Å²) >= 11 is 0. The lowest BCUT2D eigenvalue weighted by Gasteiger charge is -2.52. The molecule has 0 amide bonds. The molecule has 0 radical (unpaired) electrons. The molecular formula is C72H148ClP. The van der Waals surface area contributed by atoms with E-state index in [9.17, 15) is 0 Å². The molecule has 0 saturated carbocycles. The Morgan fingerprint density at radius 1 is 0.230 bits per heavy atom. The van der Waals surface area contributed by atoms with E-state index in [1.54, 1.807) is 57.3 Å². The standard InChI is InChI=1S/C72H147P.ClH/c1-9-17-25-31-37-43-49-55-61-70(72(73(67-23-15-7)68-24-16-8,65-59-53-47-41-35-29-21-13-5)66-60-54-48-42-36-30-22-14-6)69-71(62-56-50-44-38-32-26-18-10-2,63-57-51-45-39-33-27-19-11-3)64-58-52-46-40-34-28-20-12-4;/h70H,9-69H2,1-8H3;1H. The van der Waals surface area contributed by atoms with Gasteiger partial charge in [0, 0.05) is 0 Å². The van der Waals surface area contributed by atoms with Crippen molar-refractivity contribution in [2.45, 2.75) is 439 Å². The van der Waals surface area contributed by atoms with Crippen LogP contribution in [-0.2, 0) is 0 Å². The van der Waals surface area contributed by atoms with E-state index in [2.05, 4.69) is 55.4 Å². The second kappa shape index (κ2) is 61.3. The van der Waals surface area contributed by atoms with Gasteiger partial charge >= 0.3 is 0 Å². The summed E-state index contributed by atoms with van der Waals surface area (Å²) in [6.07, 6.45) is 90.9. The highest BCUT2D eigenvalue weighted by molar-refractivity contribution is 7.59. The van der Waals surface area contributed by atoms with Crippen LogP contribution < -0.4 is 0 Å². The maximum Gasteiger partial charge on any atom is -0.00660 e. The number of halogens is 1. The van der Waals surface area contributed by atoms with Gasteiger partial charge in [0.15, 0.2) is 0 Å². The van der Waals surface area contributed by atoms with Crippen LogP contribution in [0.15, 0.2) is 0 Å². The SMILES string of the molecule is CCCCCCCCCCC(CC(CCCCCCCCCC)(CCCCCCCCCC)CCCCCCCCCC)C(CCCCCCCCCC)(CCCCCCCCCC)P(CCCC)CCCC.Cl. The van der Waals surface area contributed by atoms with Gasteiger partial charge in [0.05, 0.1) is 0 Å². The van der Waals surface area contributed by atoms with Crippen molar-refractivity contribution >= 4 is 20.3 Å². The van der Waals surface area contributed by atoms with Crippen molar-refractivity contribution in [2.75, 3.05) is 12.3 Å². The Morgan fingerprint density at radius 3 is 0.676 bits per heavy atom. The molecule has 74 heavy (non-hydrogen) atoms. The monoisotopic (exact) mass is 1080 g/mol. The number of hydrogen-bond donors (Lipinski definition) is 0. The van der Waals surface area contributed by atoms with Crippen LogP contribution >= 0.6 is 20.3 Å². The van der Waals surface area contributed by atoms with E-state index in [1.165, 1.54) is 334 Å². The highest BCUT2D eigenvalue weighted by Gasteiger charge is 2.46. The molecule has 0 aliphatic rings. The van der Waals surface area contributed by atoms with Gasteiger partial charge < -0.3 is 0 Å². The minimum Gasteiger partial charge on any atom is -0.147 e. The van der Waals surface area contributed by atoms with Crippen molar-refractivity contribution in [3.8, 4) is 0 Å². The third-order valence-electron chi connectivity index (χ3n) is 18.6. The Labute approximate surface area is 480 Å². The van der Waals surface area contributed by atoms with Crippen molar-refractivity contribution in [3.63, 3.8) is 0 Å². The van der Waals surface area contributed by atoms with Crippen LogP contribution in [0.3, 0.4) is 0 Å². The average Bonchev–Trinajstić information content (AvgIpc) is 3.40. The van der Waals surface area contributed by atoms with Crippen molar-refractivity contribution in [1.82, 2.24) is 0 Å². The van der Waals surface area contributed by atoms with Gasteiger partial charge in [-0.15, -0.1) is 20.3 Å². The minimum atomic E-state index is 0. The number of rotatable bonds is 64. The number of hydrogen-bond acceptors (Lipinski definition) is 0. The van der Waals surface area contributed by atoms with E-state index < -0.39 is 0 Å². The average molecular weight is 1080 g/mol. The lowest BCUT2D eigenvalue weighted by molar-refractivity contribution is 0.115. The first-order valence-electron chi connectivity index (χ1n) is 35.7. The molecule has 0 spiro atoms. The van der Waals surface area contributed by atoms with Crippen LogP contribution in [0.25, 0.3) is 0 Å². The zero-order valence-electron chi connectivity index (χ0n) is 53.6. The highest BCUT2D eigenvalue weighted by Crippen LogP contribution is 2.63. The van der Waals surface area contributed by atoms with Crippen molar-refractivity contribution in [2.24, 2.45) is 11.3 Å². The molecule has 0 rings (SSSR count). The molecule has 0 aliphatic heterocycles. The second-order valence-corrected chi connectivity index (χ2v) is 28.5. The lowest BCUT2D eigenvalue weighted by atomic mass is 9.64. The Kier molecular flexibility index (Phi) is 63.7. The van der Waals surface area contributed by atoms with Crippen LogP contribution in [0, 0.1) is 11.3 Å². The van der Waals surface area contributed by atoms with Gasteiger partial charge in [-0.2, -0.15) is 0 Å². The van der Waals surface area contributed by atoms with Crippen LogP contribution in [0.5, 0.6) is 0 Å². The van der Waals surface area contributed by atoms with Crippen LogP contribution in [-0.4, -0.2) is 17.5 Å². The first-order chi connectivity index (χ1) is 36.0. The molecule has 0 bridgehead atoms. The smallest absolute Gasteiger partial charge is 0.00660 e. The van der Waals surface area contributed by atoms with Crippen molar-refractivity contribution in [1.29, 1.82) is 0 Å². The van der Waals surface area contributed by atoms with Gasteiger partial charge in [0.2, 0.25) is 0 Å². The van der Waals surface area contributed by atoms with Gasteiger partial charge in [-0.1, -0.05) is 376 Å². The zero-order valence-corrected chi connectivity index (χ0v) is 55.3. The first-order valence-corrected chi connectivity index (χ1v) is 37.5. The van der Waals surface area contributed by atoms with Crippen molar-refractivity contribution < 1.29 is 0 Å². The summed E-state index contributed by atoms with van der Waals surface area (Å²) in [6.45, 7) is 19.4. The first kappa shape index (κ1) is 76.8. The second-order valence-electron chi connectivity index (χ2n) is 25.6. The molecule has 0 fully saturated rings. The Bertz CT molecular complexity index is 929. The van der Waals surface area contributed by atoms with Crippen LogP contribution in [0.4, 0.5) is 0 Å².